The molecular formula is C22H16BrCl3F6N2O2. The first-order valence-corrected chi connectivity index (χ1v) is 11.8. The number of allylic oxidation sites excluding steroid dienone is 1. The smallest absolute Gasteiger partial charge is 0.354 e. The third-order valence-electron chi connectivity index (χ3n) is 4.53. The zero-order valence-electron chi connectivity index (χ0n) is 17.8. The summed E-state index contributed by atoms with van der Waals surface area (Å²) in [6.07, 6.45) is -8.82. The van der Waals surface area contributed by atoms with Gasteiger partial charge in [-0.2, -0.15) is 26.3 Å². The maximum absolute atomic E-state index is 13.7. The number of benzene rings is 2. The fourth-order valence-corrected chi connectivity index (χ4v) is 4.10. The average Bonchev–Trinajstić information content (AvgIpc) is 2.73. The summed E-state index contributed by atoms with van der Waals surface area (Å²) in [6.45, 7) is -0.368. The maximum atomic E-state index is 13.7. The molecule has 4 nitrogen and oxygen atoms in total. The van der Waals surface area contributed by atoms with E-state index < -0.39 is 36.5 Å². The van der Waals surface area contributed by atoms with Crippen LogP contribution in [0.4, 0.5) is 26.3 Å². The van der Waals surface area contributed by atoms with Crippen molar-refractivity contribution in [3.63, 3.8) is 0 Å². The summed E-state index contributed by atoms with van der Waals surface area (Å²) in [7, 11) is 0. The fourth-order valence-electron chi connectivity index (χ4n) is 2.91. The molecule has 0 heterocycles. The minimum Gasteiger partial charge on any atom is -0.354 e. The van der Waals surface area contributed by atoms with Crippen LogP contribution in [0.1, 0.15) is 33.8 Å². The first-order chi connectivity index (χ1) is 16.6. The minimum absolute atomic E-state index is 0.0616. The zero-order chi connectivity index (χ0) is 27.3. The van der Waals surface area contributed by atoms with Crippen LogP contribution >= 0.6 is 50.7 Å². The Balaban J connectivity index is 2.08. The largest absolute Gasteiger partial charge is 0.399 e. The molecule has 2 aromatic rings. The van der Waals surface area contributed by atoms with Crippen LogP contribution in [0.15, 0.2) is 40.9 Å². The molecule has 1 atom stereocenters. The minimum atomic E-state index is -4.66. The maximum Gasteiger partial charge on any atom is 0.399 e. The van der Waals surface area contributed by atoms with Gasteiger partial charge in [-0.05, 0) is 51.3 Å². The van der Waals surface area contributed by atoms with E-state index in [-0.39, 0.29) is 43.8 Å². The van der Waals surface area contributed by atoms with Crippen LogP contribution in [0.2, 0.25) is 15.1 Å². The summed E-state index contributed by atoms with van der Waals surface area (Å²) in [5.41, 5.74) is 0.242. The Labute approximate surface area is 225 Å². The topological polar surface area (TPSA) is 58.2 Å². The lowest BCUT2D eigenvalue weighted by Crippen LogP contribution is -2.36. The van der Waals surface area contributed by atoms with E-state index in [9.17, 15) is 35.9 Å². The van der Waals surface area contributed by atoms with Crippen molar-refractivity contribution in [3.8, 4) is 0 Å². The van der Waals surface area contributed by atoms with Gasteiger partial charge < -0.3 is 10.6 Å². The first-order valence-electron chi connectivity index (χ1n) is 9.89. The molecular weight excluding hydrogens is 625 g/mol. The highest BCUT2D eigenvalue weighted by molar-refractivity contribution is 9.10. The third-order valence-corrected chi connectivity index (χ3v) is 6.38. The first kappa shape index (κ1) is 30.3. The second kappa shape index (κ2) is 12.5. The molecule has 196 valence electrons. The lowest BCUT2D eigenvalue weighted by molar-refractivity contribution is -0.153. The monoisotopic (exact) mass is 638 g/mol. The normalized spacial score (nSPS) is 13.1. The van der Waals surface area contributed by atoms with Crippen molar-refractivity contribution < 1.29 is 35.9 Å². The molecule has 0 aromatic heterocycles. The molecule has 14 heteroatoms. The van der Waals surface area contributed by atoms with E-state index in [1.807, 2.05) is 5.32 Å². The van der Waals surface area contributed by atoms with Gasteiger partial charge in [0.25, 0.3) is 5.91 Å². The van der Waals surface area contributed by atoms with E-state index in [0.29, 0.717) is 5.56 Å². The van der Waals surface area contributed by atoms with Crippen LogP contribution in [0.3, 0.4) is 0 Å². The predicted molar refractivity (Wildman–Crippen MR) is 129 cm³/mol. The molecule has 2 amide bonds. The van der Waals surface area contributed by atoms with Crippen molar-refractivity contribution in [3.05, 3.63) is 72.6 Å². The van der Waals surface area contributed by atoms with Crippen LogP contribution in [-0.2, 0) is 4.79 Å². The molecule has 36 heavy (non-hydrogen) atoms. The molecule has 0 aliphatic heterocycles. The highest BCUT2D eigenvalue weighted by atomic mass is 79.9. The molecule has 0 aliphatic carbocycles. The number of amides is 2. The van der Waals surface area contributed by atoms with Crippen molar-refractivity contribution in [2.45, 2.75) is 24.7 Å². The van der Waals surface area contributed by atoms with Crippen molar-refractivity contribution in [2.24, 2.45) is 0 Å². The Morgan fingerprint density at radius 3 is 2.06 bits per heavy atom. The molecule has 0 saturated heterocycles. The van der Waals surface area contributed by atoms with Crippen molar-refractivity contribution >= 4 is 68.6 Å². The number of alkyl halides is 6. The van der Waals surface area contributed by atoms with Crippen molar-refractivity contribution in [1.29, 1.82) is 0 Å². The number of carbonyl (C=O) groups excluding carboxylic acids is 2. The molecule has 0 radical (unpaired) electrons. The molecule has 2 rings (SSSR count). The number of rotatable bonds is 8. The molecule has 1 unspecified atom stereocenters. The number of nitrogens with one attached hydrogen (secondary N) is 2. The lowest BCUT2D eigenvalue weighted by Gasteiger charge is -2.18. The van der Waals surface area contributed by atoms with E-state index in [0.717, 1.165) is 18.2 Å². The van der Waals surface area contributed by atoms with Crippen LogP contribution in [0, 0.1) is 0 Å². The number of carbonyl (C=O) groups is 2. The molecule has 2 aromatic carbocycles. The van der Waals surface area contributed by atoms with Crippen LogP contribution in [-0.4, -0.2) is 37.3 Å². The number of hydrogen-bond acceptors (Lipinski definition) is 2. The van der Waals surface area contributed by atoms with Gasteiger partial charge in [-0.25, -0.2) is 0 Å². The summed E-state index contributed by atoms with van der Waals surface area (Å²) < 4.78 is 77.7. The summed E-state index contributed by atoms with van der Waals surface area (Å²) in [5, 5.41) is 4.13. The molecule has 2 N–H and O–H groups in total. The standard InChI is InChI=1S/C22H16BrCl3F6N2O2/c23-15-7-11(1-3-13(15)20(36)34-6-5-33-18(35)10-21(27,28)29)2-4-14(22(30,31)32)12-8-16(24)19(26)17(25)9-12/h1-4,7-9,14H,5-6,10H2,(H,33,35)(H,34,36)/b4-2+. The van der Waals surface area contributed by atoms with Crippen molar-refractivity contribution in [1.82, 2.24) is 10.6 Å². The van der Waals surface area contributed by atoms with Gasteiger partial charge in [0.2, 0.25) is 5.91 Å². The third kappa shape index (κ3) is 9.17. The Hall–Kier alpha value is -1.95. The van der Waals surface area contributed by atoms with Crippen molar-refractivity contribution in [2.75, 3.05) is 13.1 Å². The van der Waals surface area contributed by atoms with E-state index in [1.54, 1.807) is 0 Å². The number of hydrogen-bond donors (Lipinski definition) is 2. The summed E-state index contributed by atoms with van der Waals surface area (Å²) in [6, 6.07) is 6.31. The zero-order valence-corrected chi connectivity index (χ0v) is 21.7. The van der Waals surface area contributed by atoms with Gasteiger partial charge in [0.1, 0.15) is 6.42 Å². The van der Waals surface area contributed by atoms with E-state index in [2.05, 4.69) is 21.2 Å². The van der Waals surface area contributed by atoms with Gasteiger partial charge in [0.15, 0.2) is 0 Å². The summed E-state index contributed by atoms with van der Waals surface area (Å²) in [4.78, 5) is 23.4. The van der Waals surface area contributed by atoms with Crippen LogP contribution in [0.5, 0.6) is 0 Å². The average molecular weight is 641 g/mol. The molecule has 0 aliphatic rings. The number of halogens is 10. The Bertz CT molecular complexity index is 1130. The van der Waals surface area contributed by atoms with E-state index in [4.69, 9.17) is 34.8 Å². The molecule has 0 spiro atoms. The van der Waals surface area contributed by atoms with Crippen LogP contribution in [0.25, 0.3) is 6.08 Å². The Kier molecular flexibility index (Phi) is 10.5. The van der Waals surface area contributed by atoms with Gasteiger partial charge in [0, 0.05) is 17.6 Å². The molecule has 0 saturated carbocycles. The quantitative estimate of drug-likeness (QED) is 0.178. The SMILES string of the molecule is O=C(CC(F)(F)F)NCCNC(=O)c1ccc(/C=C/C(c2cc(Cl)c(Cl)c(Cl)c2)C(F)(F)F)cc1Br. The van der Waals surface area contributed by atoms with Gasteiger partial charge in [-0.1, -0.05) is 53.0 Å². The summed E-state index contributed by atoms with van der Waals surface area (Å²) >= 11 is 20.7. The summed E-state index contributed by atoms with van der Waals surface area (Å²) in [5.74, 6) is -3.88. The second-order valence-electron chi connectivity index (χ2n) is 7.31. The van der Waals surface area contributed by atoms with E-state index >= 15 is 0 Å². The predicted octanol–water partition coefficient (Wildman–Crippen LogP) is 7.57. The highest BCUT2D eigenvalue weighted by Crippen LogP contribution is 2.41. The van der Waals surface area contributed by atoms with Crippen LogP contribution < -0.4 is 10.6 Å². The lowest BCUT2D eigenvalue weighted by atomic mass is 9.97. The second-order valence-corrected chi connectivity index (χ2v) is 9.36. The van der Waals surface area contributed by atoms with Gasteiger partial charge in [-0.15, -0.1) is 0 Å². The fraction of sp³-hybridized carbons (Fsp3) is 0.273. The highest BCUT2D eigenvalue weighted by Gasteiger charge is 2.39. The van der Waals surface area contributed by atoms with Gasteiger partial charge >= 0.3 is 12.4 Å². The molecule has 0 bridgehead atoms. The van der Waals surface area contributed by atoms with Gasteiger partial charge in [-0.3, -0.25) is 9.59 Å². The Morgan fingerprint density at radius 2 is 1.53 bits per heavy atom. The van der Waals surface area contributed by atoms with E-state index in [1.165, 1.54) is 24.3 Å². The Morgan fingerprint density at radius 1 is 0.944 bits per heavy atom. The van der Waals surface area contributed by atoms with Gasteiger partial charge in [0.05, 0.1) is 26.5 Å². The molecule has 0 fully saturated rings.